The summed E-state index contributed by atoms with van der Waals surface area (Å²) in [6, 6.07) is -0.549. The molecule has 0 bridgehead atoms. The number of fused-ring (bicyclic) bond motifs is 1. The lowest BCUT2D eigenvalue weighted by atomic mass is 9.99. The molecule has 1 atom stereocenters. The van der Waals surface area contributed by atoms with Crippen LogP contribution in [-0.2, 0) is 16.1 Å². The molecular formula is C22H35N5O4. The van der Waals surface area contributed by atoms with E-state index >= 15 is 0 Å². The van der Waals surface area contributed by atoms with Crippen molar-refractivity contribution in [3.63, 3.8) is 0 Å². The highest BCUT2D eigenvalue weighted by Crippen LogP contribution is 2.26. The van der Waals surface area contributed by atoms with Crippen LogP contribution in [0.2, 0.25) is 0 Å². The van der Waals surface area contributed by atoms with Crippen molar-refractivity contribution in [3.8, 4) is 0 Å². The molecule has 1 aromatic rings. The second-order valence-electron chi connectivity index (χ2n) is 9.93. The number of likely N-dealkylation sites (tertiary alicyclic amines) is 1. The molecule has 0 aromatic carbocycles. The quantitative estimate of drug-likeness (QED) is 0.770. The zero-order valence-electron chi connectivity index (χ0n) is 19.5. The topological polar surface area (TPSA) is 96.8 Å². The summed E-state index contributed by atoms with van der Waals surface area (Å²) in [5.74, 6) is 0.868. The minimum atomic E-state index is -0.622. The summed E-state index contributed by atoms with van der Waals surface area (Å²) in [5, 5.41) is 2.76. The number of carbonyl (C=O) groups is 3. The maximum atomic E-state index is 13.2. The Hall–Kier alpha value is -2.58. The molecule has 172 valence electrons. The molecule has 3 amide bonds. The third-order valence-electron chi connectivity index (χ3n) is 5.69. The lowest BCUT2D eigenvalue weighted by molar-refractivity contribution is -0.135. The monoisotopic (exact) mass is 433 g/mol. The van der Waals surface area contributed by atoms with Crippen molar-refractivity contribution in [2.45, 2.75) is 85.0 Å². The third-order valence-corrected chi connectivity index (χ3v) is 5.69. The van der Waals surface area contributed by atoms with E-state index in [0.29, 0.717) is 31.9 Å². The van der Waals surface area contributed by atoms with Crippen molar-refractivity contribution in [1.29, 1.82) is 0 Å². The molecule has 9 nitrogen and oxygen atoms in total. The van der Waals surface area contributed by atoms with E-state index in [-0.39, 0.29) is 23.9 Å². The van der Waals surface area contributed by atoms with Crippen LogP contribution in [0.5, 0.6) is 0 Å². The van der Waals surface area contributed by atoms with Crippen LogP contribution in [0.25, 0.3) is 0 Å². The predicted molar refractivity (Wildman–Crippen MR) is 116 cm³/mol. The molecule has 3 heterocycles. The molecule has 1 saturated heterocycles. The van der Waals surface area contributed by atoms with E-state index in [1.165, 1.54) is 0 Å². The van der Waals surface area contributed by atoms with Gasteiger partial charge in [0.1, 0.15) is 17.5 Å². The van der Waals surface area contributed by atoms with E-state index in [1.54, 1.807) is 36.4 Å². The highest BCUT2D eigenvalue weighted by Gasteiger charge is 2.37. The summed E-state index contributed by atoms with van der Waals surface area (Å²) in [6.45, 7) is 12.9. The Morgan fingerprint density at radius 2 is 1.90 bits per heavy atom. The Labute approximate surface area is 184 Å². The van der Waals surface area contributed by atoms with Gasteiger partial charge in [0.15, 0.2) is 0 Å². The number of rotatable bonds is 5. The van der Waals surface area contributed by atoms with E-state index in [1.807, 2.05) is 25.7 Å². The Balaban J connectivity index is 1.58. The van der Waals surface area contributed by atoms with Gasteiger partial charge in [-0.2, -0.15) is 0 Å². The predicted octanol–water partition coefficient (Wildman–Crippen LogP) is 2.91. The lowest BCUT2D eigenvalue weighted by Crippen LogP contribution is -2.54. The van der Waals surface area contributed by atoms with Crippen LogP contribution in [0.4, 0.5) is 9.59 Å². The number of hydrogen-bond donors (Lipinski definition) is 1. The van der Waals surface area contributed by atoms with Crippen LogP contribution < -0.4 is 5.32 Å². The maximum absolute atomic E-state index is 13.2. The van der Waals surface area contributed by atoms with E-state index in [4.69, 9.17) is 4.74 Å². The summed E-state index contributed by atoms with van der Waals surface area (Å²) < 4.78 is 7.01. The largest absolute Gasteiger partial charge is 0.444 e. The number of hydrogen-bond acceptors (Lipinski definition) is 5. The summed E-state index contributed by atoms with van der Waals surface area (Å²) in [4.78, 5) is 46.1. The Bertz CT molecular complexity index is 833. The minimum absolute atomic E-state index is 0.0287. The molecule has 0 radical (unpaired) electrons. The summed E-state index contributed by atoms with van der Waals surface area (Å²) in [6.07, 6.45) is 3.16. The van der Waals surface area contributed by atoms with Gasteiger partial charge in [-0.05, 0) is 52.9 Å². The Kier molecular flexibility index (Phi) is 6.62. The van der Waals surface area contributed by atoms with Crippen molar-refractivity contribution in [2.24, 2.45) is 5.92 Å². The van der Waals surface area contributed by atoms with Gasteiger partial charge in [0.2, 0.25) is 5.91 Å². The SMILES string of the molecule is Cc1ncc2n1C(=O)N(C1CCN(C(=O)[C@@H](CC(C)C)NC(=O)OC(C)(C)C)CC1)C2. The van der Waals surface area contributed by atoms with Gasteiger partial charge in [0, 0.05) is 19.1 Å². The summed E-state index contributed by atoms with van der Waals surface area (Å²) in [5.41, 5.74) is 0.294. The number of nitrogens with zero attached hydrogens (tertiary/aromatic N) is 4. The highest BCUT2D eigenvalue weighted by molar-refractivity contribution is 5.86. The van der Waals surface area contributed by atoms with Crippen LogP contribution in [0.15, 0.2) is 6.20 Å². The molecule has 1 aromatic heterocycles. The zero-order valence-corrected chi connectivity index (χ0v) is 19.5. The number of nitrogens with one attached hydrogen (secondary N) is 1. The normalized spacial score (nSPS) is 18.4. The minimum Gasteiger partial charge on any atom is -0.444 e. The average molecular weight is 434 g/mol. The van der Waals surface area contributed by atoms with Crippen molar-refractivity contribution < 1.29 is 19.1 Å². The lowest BCUT2D eigenvalue weighted by Gasteiger charge is -2.38. The number of carbonyl (C=O) groups excluding carboxylic acids is 3. The zero-order chi connectivity index (χ0) is 22.9. The van der Waals surface area contributed by atoms with E-state index in [9.17, 15) is 14.4 Å². The Morgan fingerprint density at radius 3 is 2.45 bits per heavy atom. The molecule has 1 N–H and O–H groups in total. The number of aromatic nitrogens is 2. The first-order chi connectivity index (χ1) is 14.5. The molecule has 9 heteroatoms. The van der Waals surface area contributed by atoms with E-state index in [0.717, 1.165) is 18.5 Å². The van der Waals surface area contributed by atoms with Gasteiger partial charge < -0.3 is 19.9 Å². The number of ether oxygens (including phenoxy) is 1. The molecular weight excluding hydrogens is 398 g/mol. The number of piperidine rings is 1. The number of amides is 3. The van der Waals surface area contributed by atoms with Gasteiger partial charge in [-0.25, -0.2) is 14.6 Å². The van der Waals surface area contributed by atoms with Gasteiger partial charge in [0.05, 0.1) is 18.4 Å². The molecule has 2 aliphatic rings. The first-order valence-corrected chi connectivity index (χ1v) is 11.1. The van der Waals surface area contributed by atoms with E-state index < -0.39 is 17.7 Å². The van der Waals surface area contributed by atoms with Gasteiger partial charge in [-0.3, -0.25) is 9.36 Å². The molecule has 0 saturated carbocycles. The van der Waals surface area contributed by atoms with Gasteiger partial charge >= 0.3 is 12.1 Å². The molecule has 0 aliphatic carbocycles. The van der Waals surface area contributed by atoms with Crippen molar-refractivity contribution in [2.75, 3.05) is 13.1 Å². The molecule has 31 heavy (non-hydrogen) atoms. The van der Waals surface area contributed by atoms with Crippen LogP contribution >= 0.6 is 0 Å². The fraction of sp³-hybridized carbons (Fsp3) is 0.727. The summed E-state index contributed by atoms with van der Waals surface area (Å²) in [7, 11) is 0. The van der Waals surface area contributed by atoms with Crippen LogP contribution in [0, 0.1) is 12.8 Å². The number of alkyl carbamates (subject to hydrolysis) is 1. The average Bonchev–Trinajstić information content (AvgIpc) is 3.19. The van der Waals surface area contributed by atoms with Gasteiger partial charge in [0.25, 0.3) is 0 Å². The first-order valence-electron chi connectivity index (χ1n) is 11.1. The molecule has 0 unspecified atom stereocenters. The van der Waals surface area contributed by atoms with Crippen LogP contribution in [0.3, 0.4) is 0 Å². The first kappa shape index (κ1) is 23.1. The standard InChI is InChI=1S/C22H35N5O4/c1-14(2)11-18(24-20(29)31-22(4,5)6)19(28)25-9-7-16(8-10-25)26-13-17-12-23-15(3)27(17)21(26)30/h12,14,16,18H,7-11,13H2,1-6H3,(H,24,29)/t18-/m1/s1. The van der Waals surface area contributed by atoms with Crippen molar-refractivity contribution in [1.82, 2.24) is 24.7 Å². The smallest absolute Gasteiger partial charge is 0.408 e. The van der Waals surface area contributed by atoms with E-state index in [2.05, 4.69) is 10.3 Å². The third kappa shape index (κ3) is 5.37. The second-order valence-corrected chi connectivity index (χ2v) is 9.93. The van der Waals surface area contributed by atoms with Crippen molar-refractivity contribution >= 4 is 18.0 Å². The van der Waals surface area contributed by atoms with Gasteiger partial charge in [-0.1, -0.05) is 13.8 Å². The van der Waals surface area contributed by atoms with Crippen LogP contribution in [0.1, 0.15) is 65.4 Å². The fourth-order valence-electron chi connectivity index (χ4n) is 4.28. The molecule has 2 aliphatic heterocycles. The van der Waals surface area contributed by atoms with Crippen LogP contribution in [-0.4, -0.2) is 68.2 Å². The van der Waals surface area contributed by atoms with Crippen molar-refractivity contribution in [3.05, 3.63) is 17.7 Å². The highest BCUT2D eigenvalue weighted by atomic mass is 16.6. The molecule has 1 fully saturated rings. The van der Waals surface area contributed by atoms with Gasteiger partial charge in [-0.15, -0.1) is 0 Å². The number of imidazole rings is 1. The fourth-order valence-corrected chi connectivity index (χ4v) is 4.28. The maximum Gasteiger partial charge on any atom is 0.408 e. The summed E-state index contributed by atoms with van der Waals surface area (Å²) >= 11 is 0. The molecule has 3 rings (SSSR count). The Morgan fingerprint density at radius 1 is 1.26 bits per heavy atom. The molecule has 0 spiro atoms. The number of aryl methyl sites for hydroxylation is 1. The second kappa shape index (κ2) is 8.88.